The van der Waals surface area contributed by atoms with Crippen molar-refractivity contribution >= 4 is 17.7 Å². The summed E-state index contributed by atoms with van der Waals surface area (Å²) < 4.78 is 0. The lowest BCUT2D eigenvalue weighted by atomic mass is 9.73. The van der Waals surface area contributed by atoms with Gasteiger partial charge in [0.05, 0.1) is 18.1 Å². The summed E-state index contributed by atoms with van der Waals surface area (Å²) in [5.41, 5.74) is 8.23. The number of nitrogens with zero attached hydrogens (tertiary/aromatic N) is 1. The van der Waals surface area contributed by atoms with Crippen molar-refractivity contribution in [1.82, 2.24) is 15.5 Å². The van der Waals surface area contributed by atoms with E-state index in [4.69, 9.17) is 10.8 Å². The number of hydrogen-bond donors (Lipinski definition) is 4. The zero-order valence-corrected chi connectivity index (χ0v) is 23.1. The van der Waals surface area contributed by atoms with E-state index in [1.54, 1.807) is 13.8 Å². The van der Waals surface area contributed by atoms with Gasteiger partial charge in [-0.3, -0.25) is 14.4 Å². The number of nitrogens with one attached hydrogen (secondary N) is 2. The summed E-state index contributed by atoms with van der Waals surface area (Å²) in [5.74, 6) is -0.723. The van der Waals surface area contributed by atoms with Crippen molar-refractivity contribution in [3.63, 3.8) is 0 Å². The van der Waals surface area contributed by atoms with Crippen LogP contribution in [-0.4, -0.2) is 65.5 Å². The minimum Gasteiger partial charge on any atom is -0.395 e. The van der Waals surface area contributed by atoms with Crippen LogP contribution >= 0.6 is 0 Å². The fraction of sp³-hybridized carbons (Fsp3) is 0.516. The highest BCUT2D eigenvalue weighted by Crippen LogP contribution is 2.51. The van der Waals surface area contributed by atoms with Gasteiger partial charge in [-0.2, -0.15) is 0 Å². The Morgan fingerprint density at radius 2 is 1.74 bits per heavy atom. The first kappa shape index (κ1) is 28.8. The summed E-state index contributed by atoms with van der Waals surface area (Å²) >= 11 is 0. The zero-order chi connectivity index (χ0) is 28.0. The molecule has 4 rings (SSSR count). The molecular weight excluding hydrogens is 492 g/mol. The zero-order valence-electron chi connectivity index (χ0n) is 23.1. The van der Waals surface area contributed by atoms with Crippen LogP contribution in [0, 0.1) is 0 Å². The molecule has 2 aromatic rings. The number of nitrogens with two attached hydrogens (primary N) is 1. The van der Waals surface area contributed by atoms with Gasteiger partial charge in [0, 0.05) is 25.0 Å². The lowest BCUT2D eigenvalue weighted by Crippen LogP contribution is -2.57. The molecule has 2 aliphatic rings. The second-order valence-electron chi connectivity index (χ2n) is 11.6. The van der Waals surface area contributed by atoms with Crippen LogP contribution < -0.4 is 16.4 Å². The summed E-state index contributed by atoms with van der Waals surface area (Å²) in [4.78, 5) is 41.2. The molecule has 5 N–H and O–H groups in total. The number of likely N-dealkylation sites (tertiary alicyclic amines) is 1. The molecule has 0 saturated carbocycles. The van der Waals surface area contributed by atoms with Gasteiger partial charge < -0.3 is 26.4 Å². The van der Waals surface area contributed by atoms with Gasteiger partial charge in [-0.1, -0.05) is 54.6 Å². The first-order valence-electron chi connectivity index (χ1n) is 14.1. The molecule has 1 fully saturated rings. The first-order valence-corrected chi connectivity index (χ1v) is 14.1. The molecule has 1 heterocycles. The van der Waals surface area contributed by atoms with E-state index in [1.165, 1.54) is 11.1 Å². The van der Waals surface area contributed by atoms with Crippen molar-refractivity contribution in [1.29, 1.82) is 0 Å². The largest absolute Gasteiger partial charge is 0.395 e. The Morgan fingerprint density at radius 3 is 2.41 bits per heavy atom. The topological polar surface area (TPSA) is 125 Å². The fourth-order valence-electron chi connectivity index (χ4n) is 6.04. The molecule has 8 nitrogen and oxygen atoms in total. The maximum absolute atomic E-state index is 13.7. The molecule has 1 saturated heterocycles. The van der Waals surface area contributed by atoms with Gasteiger partial charge in [0.15, 0.2) is 0 Å². The number of benzene rings is 2. The van der Waals surface area contributed by atoms with E-state index in [1.807, 2.05) is 41.3 Å². The third kappa shape index (κ3) is 6.68. The van der Waals surface area contributed by atoms with Crippen molar-refractivity contribution in [2.75, 3.05) is 26.2 Å². The number of aliphatic hydroxyl groups excluding tert-OH is 1. The third-order valence-electron chi connectivity index (χ3n) is 8.25. The van der Waals surface area contributed by atoms with Gasteiger partial charge in [0.1, 0.15) is 6.04 Å². The summed E-state index contributed by atoms with van der Waals surface area (Å²) in [6.07, 6.45) is 4.34. The number of piperidine rings is 1. The fourth-order valence-corrected chi connectivity index (χ4v) is 6.04. The van der Waals surface area contributed by atoms with E-state index in [9.17, 15) is 14.4 Å². The number of rotatable bonds is 10. The van der Waals surface area contributed by atoms with Gasteiger partial charge in [-0.15, -0.1) is 0 Å². The Hall–Kier alpha value is -3.23. The molecule has 0 unspecified atom stereocenters. The monoisotopic (exact) mass is 534 g/mol. The number of carbonyl (C=O) groups excluding carboxylic acids is 3. The summed E-state index contributed by atoms with van der Waals surface area (Å²) in [6.45, 7) is 4.56. The Kier molecular flexibility index (Phi) is 9.08. The van der Waals surface area contributed by atoms with E-state index in [2.05, 4.69) is 28.8 Å². The Morgan fingerprint density at radius 1 is 1.08 bits per heavy atom. The van der Waals surface area contributed by atoms with Crippen LogP contribution in [0.4, 0.5) is 0 Å². The molecule has 1 aliphatic carbocycles. The smallest absolute Gasteiger partial charge is 0.245 e. The third-order valence-corrected chi connectivity index (χ3v) is 8.25. The predicted molar refractivity (Wildman–Crippen MR) is 151 cm³/mol. The molecule has 1 spiro atoms. The lowest BCUT2D eigenvalue weighted by Gasteiger charge is -2.41. The Labute approximate surface area is 231 Å². The molecule has 2 aromatic carbocycles. The summed E-state index contributed by atoms with van der Waals surface area (Å²) in [5, 5.41) is 14.9. The van der Waals surface area contributed by atoms with Gasteiger partial charge in [0.2, 0.25) is 17.7 Å². The van der Waals surface area contributed by atoms with Gasteiger partial charge in [-0.05, 0) is 69.1 Å². The second kappa shape index (κ2) is 12.3. The SMILES string of the molecule is CC(C)(N)C(=O)N[C@H](CCCc1ccccc1)C(=O)N1CCC2(CC1)C[C@H](C(=O)NCCO)c1ccccc12. The van der Waals surface area contributed by atoms with Crippen LogP contribution in [-0.2, 0) is 26.2 Å². The van der Waals surface area contributed by atoms with E-state index in [0.29, 0.717) is 25.9 Å². The maximum Gasteiger partial charge on any atom is 0.245 e. The normalized spacial score (nSPS) is 18.9. The van der Waals surface area contributed by atoms with Crippen molar-refractivity contribution in [3.05, 3.63) is 71.3 Å². The van der Waals surface area contributed by atoms with Gasteiger partial charge in [0.25, 0.3) is 0 Å². The van der Waals surface area contributed by atoms with Gasteiger partial charge >= 0.3 is 0 Å². The summed E-state index contributed by atoms with van der Waals surface area (Å²) in [7, 11) is 0. The molecular formula is C31H42N4O4. The highest BCUT2D eigenvalue weighted by atomic mass is 16.3. The van der Waals surface area contributed by atoms with Crippen LogP contribution in [0.25, 0.3) is 0 Å². The molecule has 0 aromatic heterocycles. The highest BCUT2D eigenvalue weighted by molar-refractivity contribution is 5.91. The van der Waals surface area contributed by atoms with Crippen LogP contribution in [0.3, 0.4) is 0 Å². The number of hydrogen-bond acceptors (Lipinski definition) is 5. The van der Waals surface area contributed by atoms with E-state index >= 15 is 0 Å². The second-order valence-corrected chi connectivity index (χ2v) is 11.6. The van der Waals surface area contributed by atoms with E-state index in [-0.39, 0.29) is 42.2 Å². The first-order chi connectivity index (χ1) is 18.6. The molecule has 1 aliphatic heterocycles. The molecule has 2 atom stereocenters. The van der Waals surface area contributed by atoms with Gasteiger partial charge in [-0.25, -0.2) is 0 Å². The predicted octanol–water partition coefficient (Wildman–Crippen LogP) is 2.39. The van der Waals surface area contributed by atoms with Crippen molar-refractivity contribution < 1.29 is 19.5 Å². The molecule has 8 heteroatoms. The average Bonchev–Trinajstić information content (AvgIpc) is 3.25. The van der Waals surface area contributed by atoms with E-state index in [0.717, 1.165) is 31.2 Å². The molecule has 0 radical (unpaired) electrons. The van der Waals surface area contributed by atoms with Crippen molar-refractivity contribution in [2.24, 2.45) is 5.73 Å². The quantitative estimate of drug-likeness (QED) is 0.373. The lowest BCUT2D eigenvalue weighted by molar-refractivity contribution is -0.139. The average molecular weight is 535 g/mol. The minimum absolute atomic E-state index is 0.0579. The number of aryl methyl sites for hydroxylation is 1. The van der Waals surface area contributed by atoms with Crippen molar-refractivity contribution in [2.45, 2.75) is 75.3 Å². The standard InChI is InChI=1S/C31H42N4O4/c1-30(2,32)29(39)34-26(14-8-11-22-9-4-3-5-10-22)28(38)35-18-15-31(16-19-35)21-24(27(37)33-17-20-36)23-12-6-7-13-25(23)31/h3-7,9-10,12-13,24,26,36H,8,11,14-21,32H2,1-2H3,(H,33,37)(H,34,39)/t24-,26+/m0/s1. The number of carbonyl (C=O) groups is 3. The van der Waals surface area contributed by atoms with Crippen LogP contribution in [0.5, 0.6) is 0 Å². The number of fused-ring (bicyclic) bond motifs is 2. The van der Waals surface area contributed by atoms with E-state index < -0.39 is 11.6 Å². The highest BCUT2D eigenvalue weighted by Gasteiger charge is 2.48. The molecule has 3 amide bonds. The van der Waals surface area contributed by atoms with Crippen molar-refractivity contribution in [3.8, 4) is 0 Å². The van der Waals surface area contributed by atoms with Crippen LogP contribution in [0.1, 0.15) is 68.6 Å². The Balaban J connectivity index is 1.44. The molecule has 39 heavy (non-hydrogen) atoms. The summed E-state index contributed by atoms with van der Waals surface area (Å²) in [6, 6.07) is 17.6. The minimum atomic E-state index is -1.08. The number of amides is 3. The van der Waals surface area contributed by atoms with Crippen LogP contribution in [0.2, 0.25) is 0 Å². The molecule has 210 valence electrons. The maximum atomic E-state index is 13.7. The Bertz CT molecular complexity index is 1150. The number of aliphatic hydroxyl groups is 1. The molecule has 0 bridgehead atoms. The van der Waals surface area contributed by atoms with Crippen LogP contribution in [0.15, 0.2) is 54.6 Å².